The van der Waals surface area contributed by atoms with E-state index in [-0.39, 0.29) is 12.6 Å². The topological polar surface area (TPSA) is 97.0 Å². The summed E-state index contributed by atoms with van der Waals surface area (Å²) in [5.74, 6) is 2.99. The number of carbonyl (C=O) groups excluding carboxylic acids is 1. The lowest BCUT2D eigenvalue weighted by Crippen LogP contribution is -2.44. The number of carbonyl (C=O) groups is 1. The van der Waals surface area contributed by atoms with Crippen molar-refractivity contribution in [3.63, 3.8) is 0 Å². The first-order chi connectivity index (χ1) is 10.3. The van der Waals surface area contributed by atoms with Gasteiger partial charge in [0.2, 0.25) is 17.5 Å². The zero-order chi connectivity index (χ0) is 14.5. The van der Waals surface area contributed by atoms with Crippen LogP contribution in [0.25, 0.3) is 11.6 Å². The van der Waals surface area contributed by atoms with Crippen LogP contribution in [-0.2, 0) is 6.54 Å². The number of amides is 2. The largest absolute Gasteiger partial charge is 0.337 e. The molecule has 0 radical (unpaired) electrons. The summed E-state index contributed by atoms with van der Waals surface area (Å²) in [6, 6.07) is 1.60. The van der Waals surface area contributed by atoms with E-state index in [1.165, 1.54) is 0 Å². The Kier molecular flexibility index (Phi) is 4.29. The zero-order valence-electron chi connectivity index (χ0n) is 11.2. The van der Waals surface area contributed by atoms with E-state index in [2.05, 4.69) is 25.4 Å². The van der Waals surface area contributed by atoms with E-state index in [0.717, 1.165) is 24.6 Å². The first-order valence-electron chi connectivity index (χ1n) is 6.53. The van der Waals surface area contributed by atoms with E-state index < -0.39 is 0 Å². The fourth-order valence-electron chi connectivity index (χ4n) is 1.86. The van der Waals surface area contributed by atoms with Gasteiger partial charge in [-0.1, -0.05) is 5.16 Å². The van der Waals surface area contributed by atoms with E-state index in [1.54, 1.807) is 23.4 Å². The van der Waals surface area contributed by atoms with E-state index in [4.69, 9.17) is 4.52 Å². The molecule has 1 aliphatic rings. The van der Waals surface area contributed by atoms with Gasteiger partial charge in [0.25, 0.3) is 0 Å². The molecule has 2 amide bonds. The van der Waals surface area contributed by atoms with Crippen molar-refractivity contribution < 1.29 is 9.32 Å². The summed E-state index contributed by atoms with van der Waals surface area (Å²) in [6.45, 7) is 1.73. The molecule has 0 unspecified atom stereocenters. The van der Waals surface area contributed by atoms with E-state index in [1.807, 2.05) is 11.8 Å². The third-order valence-corrected chi connectivity index (χ3v) is 3.87. The highest BCUT2D eigenvalue weighted by molar-refractivity contribution is 7.99. The molecule has 2 aromatic rings. The Morgan fingerprint density at radius 2 is 2.05 bits per heavy atom. The van der Waals surface area contributed by atoms with Gasteiger partial charge in [0, 0.05) is 37.0 Å². The van der Waals surface area contributed by atoms with Crippen molar-refractivity contribution >= 4 is 17.8 Å². The molecular formula is C12H14N6O2S. The van der Waals surface area contributed by atoms with Crippen LogP contribution in [0.1, 0.15) is 5.89 Å². The molecule has 1 aliphatic heterocycles. The fraction of sp³-hybridized carbons (Fsp3) is 0.417. The third kappa shape index (κ3) is 3.48. The number of nitrogens with one attached hydrogen (secondary N) is 1. The van der Waals surface area contributed by atoms with E-state index in [9.17, 15) is 4.79 Å². The van der Waals surface area contributed by atoms with Crippen LogP contribution in [0.3, 0.4) is 0 Å². The van der Waals surface area contributed by atoms with Crippen LogP contribution in [0.4, 0.5) is 4.79 Å². The van der Waals surface area contributed by atoms with Crippen molar-refractivity contribution in [1.82, 2.24) is 30.3 Å². The van der Waals surface area contributed by atoms with Crippen LogP contribution < -0.4 is 5.32 Å². The average molecular weight is 306 g/mol. The van der Waals surface area contributed by atoms with Crippen LogP contribution in [-0.4, -0.2) is 55.6 Å². The SMILES string of the molecule is O=C(NCc1nc(-c2ncccn2)no1)N1CCSCC1. The number of nitrogens with zero attached hydrogens (tertiary/aromatic N) is 5. The highest BCUT2D eigenvalue weighted by Gasteiger charge is 2.17. The molecule has 21 heavy (non-hydrogen) atoms. The second-order valence-electron chi connectivity index (χ2n) is 4.34. The van der Waals surface area contributed by atoms with Crippen LogP contribution in [0.2, 0.25) is 0 Å². The minimum atomic E-state index is -0.106. The molecule has 1 saturated heterocycles. The Hall–Kier alpha value is -2.16. The second kappa shape index (κ2) is 6.53. The summed E-state index contributed by atoms with van der Waals surface area (Å²) in [5.41, 5.74) is 0. The molecule has 0 spiro atoms. The molecule has 1 fully saturated rings. The maximum Gasteiger partial charge on any atom is 0.317 e. The van der Waals surface area contributed by atoms with Gasteiger partial charge < -0.3 is 14.7 Å². The smallest absolute Gasteiger partial charge is 0.317 e. The highest BCUT2D eigenvalue weighted by atomic mass is 32.2. The number of thioether (sulfide) groups is 1. The minimum Gasteiger partial charge on any atom is -0.337 e. The van der Waals surface area contributed by atoms with Gasteiger partial charge in [0.1, 0.15) is 0 Å². The Labute approximate surface area is 125 Å². The molecule has 0 aliphatic carbocycles. The van der Waals surface area contributed by atoms with Crippen LogP contribution in [0.15, 0.2) is 23.0 Å². The average Bonchev–Trinajstić information content (AvgIpc) is 3.03. The predicted molar refractivity (Wildman–Crippen MR) is 76.5 cm³/mol. The Morgan fingerprint density at radius 3 is 2.81 bits per heavy atom. The molecule has 3 rings (SSSR count). The first kappa shape index (κ1) is 13.8. The Morgan fingerprint density at radius 1 is 1.29 bits per heavy atom. The summed E-state index contributed by atoms with van der Waals surface area (Å²) in [7, 11) is 0. The molecule has 3 heterocycles. The Bertz CT molecular complexity index is 599. The maximum absolute atomic E-state index is 11.9. The van der Waals surface area contributed by atoms with Gasteiger partial charge >= 0.3 is 6.03 Å². The van der Waals surface area contributed by atoms with Crippen LogP contribution >= 0.6 is 11.8 Å². The lowest BCUT2D eigenvalue weighted by atomic mass is 10.5. The molecule has 0 atom stereocenters. The second-order valence-corrected chi connectivity index (χ2v) is 5.57. The number of hydrogen-bond acceptors (Lipinski definition) is 7. The van der Waals surface area contributed by atoms with Crippen molar-refractivity contribution in [3.8, 4) is 11.6 Å². The van der Waals surface area contributed by atoms with Gasteiger partial charge in [-0.05, 0) is 6.07 Å². The molecule has 110 valence electrons. The molecule has 0 saturated carbocycles. The summed E-state index contributed by atoms with van der Waals surface area (Å²) in [5, 5.41) is 6.57. The summed E-state index contributed by atoms with van der Waals surface area (Å²) in [6.07, 6.45) is 3.21. The lowest BCUT2D eigenvalue weighted by molar-refractivity contribution is 0.201. The maximum atomic E-state index is 11.9. The predicted octanol–water partition coefficient (Wildman–Crippen LogP) is 0.785. The van der Waals surface area contributed by atoms with Gasteiger partial charge in [-0.2, -0.15) is 16.7 Å². The number of hydrogen-bond donors (Lipinski definition) is 1. The van der Waals surface area contributed by atoms with Gasteiger partial charge in [0.15, 0.2) is 0 Å². The number of urea groups is 1. The van der Waals surface area contributed by atoms with E-state index >= 15 is 0 Å². The van der Waals surface area contributed by atoms with Crippen LogP contribution in [0, 0.1) is 0 Å². The van der Waals surface area contributed by atoms with Crippen molar-refractivity contribution in [2.24, 2.45) is 0 Å². The third-order valence-electron chi connectivity index (χ3n) is 2.92. The molecule has 0 bridgehead atoms. The van der Waals surface area contributed by atoms with Crippen molar-refractivity contribution in [2.75, 3.05) is 24.6 Å². The summed E-state index contributed by atoms with van der Waals surface area (Å²) < 4.78 is 5.08. The number of aromatic nitrogens is 4. The standard InChI is InChI=1S/C12H14N6O2S/c19-12(18-4-6-21-7-5-18)15-8-9-16-11(17-20-9)10-13-2-1-3-14-10/h1-3H,4-8H2,(H,15,19). The van der Waals surface area contributed by atoms with Crippen molar-refractivity contribution in [2.45, 2.75) is 6.54 Å². The van der Waals surface area contributed by atoms with Gasteiger partial charge in [-0.3, -0.25) is 0 Å². The van der Waals surface area contributed by atoms with Gasteiger partial charge in [-0.25, -0.2) is 14.8 Å². The Balaban J connectivity index is 1.56. The normalized spacial score (nSPS) is 15.0. The molecule has 0 aromatic carbocycles. The molecule has 8 nitrogen and oxygen atoms in total. The van der Waals surface area contributed by atoms with Crippen LogP contribution in [0.5, 0.6) is 0 Å². The first-order valence-corrected chi connectivity index (χ1v) is 7.69. The summed E-state index contributed by atoms with van der Waals surface area (Å²) >= 11 is 1.86. The quantitative estimate of drug-likeness (QED) is 0.895. The highest BCUT2D eigenvalue weighted by Crippen LogP contribution is 2.10. The minimum absolute atomic E-state index is 0.106. The zero-order valence-corrected chi connectivity index (χ0v) is 12.0. The van der Waals surface area contributed by atoms with E-state index in [0.29, 0.717) is 17.5 Å². The molecule has 2 aromatic heterocycles. The molecular weight excluding hydrogens is 292 g/mol. The molecule has 9 heteroatoms. The van der Waals surface area contributed by atoms with Gasteiger partial charge in [0.05, 0.1) is 6.54 Å². The van der Waals surface area contributed by atoms with Crippen molar-refractivity contribution in [3.05, 3.63) is 24.4 Å². The number of rotatable bonds is 3. The molecule has 1 N–H and O–H groups in total. The summed E-state index contributed by atoms with van der Waals surface area (Å²) in [4.78, 5) is 26.0. The monoisotopic (exact) mass is 306 g/mol. The van der Waals surface area contributed by atoms with Gasteiger partial charge in [-0.15, -0.1) is 0 Å². The lowest BCUT2D eigenvalue weighted by Gasteiger charge is -2.26. The van der Waals surface area contributed by atoms with Crippen molar-refractivity contribution in [1.29, 1.82) is 0 Å². The fourth-order valence-corrected chi connectivity index (χ4v) is 2.76.